The van der Waals surface area contributed by atoms with Crippen LogP contribution >= 0.6 is 0 Å². The van der Waals surface area contributed by atoms with Crippen LogP contribution in [-0.2, 0) is 0 Å². The van der Waals surface area contributed by atoms with E-state index in [1.165, 1.54) is 21.5 Å². The van der Waals surface area contributed by atoms with E-state index in [1.54, 1.807) is 0 Å². The van der Waals surface area contributed by atoms with Crippen LogP contribution in [0.15, 0.2) is 206 Å². The predicted molar refractivity (Wildman–Crippen MR) is 236 cm³/mol. The smallest absolute Gasteiger partial charge is 0.165 e. The summed E-state index contributed by atoms with van der Waals surface area (Å²) in [5, 5.41) is 7.03. The maximum absolute atomic E-state index is 5.34. The molecular weight excluding hydrogens is 693 g/mol. The van der Waals surface area contributed by atoms with Crippen molar-refractivity contribution in [1.82, 2.24) is 19.5 Å². The molecule has 0 N–H and O–H groups in total. The molecule has 0 spiro atoms. The zero-order valence-electron chi connectivity index (χ0n) is 30.9. The molecule has 0 unspecified atom stereocenters. The Bertz CT molecular complexity index is 3210. The number of hydrogen-bond donors (Lipinski definition) is 0. The van der Waals surface area contributed by atoms with Crippen molar-refractivity contribution >= 4 is 43.4 Å². The van der Waals surface area contributed by atoms with Crippen molar-refractivity contribution in [2.45, 2.75) is 0 Å². The molecule has 0 aliphatic rings. The normalized spacial score (nSPS) is 11.5. The minimum absolute atomic E-state index is 0.622. The molecule has 4 heteroatoms. The Kier molecular flexibility index (Phi) is 7.78. The fourth-order valence-corrected chi connectivity index (χ4v) is 8.32. The van der Waals surface area contributed by atoms with Gasteiger partial charge in [0.15, 0.2) is 17.5 Å². The highest BCUT2D eigenvalue weighted by Gasteiger charge is 2.23. The summed E-state index contributed by atoms with van der Waals surface area (Å²) in [7, 11) is 0. The van der Waals surface area contributed by atoms with Crippen LogP contribution < -0.4 is 0 Å². The summed E-state index contributed by atoms with van der Waals surface area (Å²) in [5.74, 6) is 1.88. The number of nitrogens with zero attached hydrogens (tertiary/aromatic N) is 4. The molecular formula is C53H34N4. The second-order valence-corrected chi connectivity index (χ2v) is 14.4. The lowest BCUT2D eigenvalue weighted by Gasteiger charge is -2.20. The monoisotopic (exact) mass is 726 g/mol. The summed E-state index contributed by atoms with van der Waals surface area (Å²) in [4.78, 5) is 15.7. The molecule has 57 heavy (non-hydrogen) atoms. The van der Waals surface area contributed by atoms with Gasteiger partial charge in [0.2, 0.25) is 0 Å². The molecule has 0 fully saturated rings. The van der Waals surface area contributed by atoms with Crippen LogP contribution in [0.4, 0.5) is 0 Å². The standard InChI is InChI=1S/C53H34N4/c1-5-17-35(18-6-1)41-29-30-43-46(32-41)50(53-55-51(37-21-9-3-10-22-37)54-52(56-53)38-23-11-4-12-24-38)44(36-19-7-2-8-20-36)34-49(43)57-47-28-16-15-27-42(47)45-31-39-25-13-14-26-40(39)33-48(45)57/h1-34H. The molecule has 0 radical (unpaired) electrons. The summed E-state index contributed by atoms with van der Waals surface area (Å²) in [6.07, 6.45) is 0. The van der Waals surface area contributed by atoms with Crippen LogP contribution in [0.2, 0.25) is 0 Å². The van der Waals surface area contributed by atoms with Crippen molar-refractivity contribution in [1.29, 1.82) is 0 Å². The van der Waals surface area contributed by atoms with Gasteiger partial charge in [-0.05, 0) is 68.7 Å². The zero-order valence-corrected chi connectivity index (χ0v) is 30.9. The van der Waals surface area contributed by atoms with Gasteiger partial charge in [-0.2, -0.15) is 0 Å². The van der Waals surface area contributed by atoms with Crippen LogP contribution in [0.1, 0.15) is 0 Å². The van der Waals surface area contributed by atoms with Crippen LogP contribution in [0.5, 0.6) is 0 Å². The average Bonchev–Trinajstić information content (AvgIpc) is 3.61. The van der Waals surface area contributed by atoms with Gasteiger partial charge in [-0.15, -0.1) is 0 Å². The predicted octanol–water partition coefficient (Wildman–Crippen LogP) is 13.6. The van der Waals surface area contributed by atoms with E-state index in [4.69, 9.17) is 15.0 Å². The first-order valence-corrected chi connectivity index (χ1v) is 19.3. The average molecular weight is 727 g/mol. The van der Waals surface area contributed by atoms with Gasteiger partial charge in [-0.25, -0.2) is 15.0 Å². The summed E-state index contributed by atoms with van der Waals surface area (Å²) in [5.41, 5.74) is 10.6. The second-order valence-electron chi connectivity index (χ2n) is 14.4. The van der Waals surface area contributed by atoms with E-state index in [1.807, 2.05) is 36.4 Å². The Labute approximate surface area is 330 Å². The van der Waals surface area contributed by atoms with Crippen molar-refractivity contribution in [3.8, 4) is 62.1 Å². The molecule has 0 bridgehead atoms. The van der Waals surface area contributed by atoms with Gasteiger partial charge >= 0.3 is 0 Å². The molecule has 0 amide bonds. The molecule has 11 rings (SSSR count). The lowest BCUT2D eigenvalue weighted by Crippen LogP contribution is -2.04. The van der Waals surface area contributed by atoms with Crippen molar-refractivity contribution in [2.75, 3.05) is 0 Å². The first-order chi connectivity index (χ1) is 28.3. The molecule has 266 valence electrons. The van der Waals surface area contributed by atoms with Gasteiger partial charge in [0.25, 0.3) is 0 Å². The van der Waals surface area contributed by atoms with E-state index in [9.17, 15) is 0 Å². The molecule has 0 aliphatic heterocycles. The number of benzene rings is 9. The van der Waals surface area contributed by atoms with Crippen LogP contribution in [0.3, 0.4) is 0 Å². The number of para-hydroxylation sites is 1. The van der Waals surface area contributed by atoms with Crippen LogP contribution in [0, 0.1) is 0 Å². The number of rotatable bonds is 6. The van der Waals surface area contributed by atoms with Crippen molar-refractivity contribution in [3.63, 3.8) is 0 Å². The number of fused-ring (bicyclic) bond motifs is 5. The van der Waals surface area contributed by atoms with E-state index in [0.717, 1.165) is 66.4 Å². The molecule has 0 saturated carbocycles. The maximum atomic E-state index is 5.34. The Morgan fingerprint density at radius 3 is 1.47 bits per heavy atom. The van der Waals surface area contributed by atoms with Crippen molar-refractivity contribution in [2.24, 2.45) is 0 Å². The molecule has 2 heterocycles. The Morgan fingerprint density at radius 1 is 0.298 bits per heavy atom. The van der Waals surface area contributed by atoms with Crippen molar-refractivity contribution in [3.05, 3.63) is 206 Å². The van der Waals surface area contributed by atoms with E-state index in [2.05, 4.69) is 174 Å². The highest BCUT2D eigenvalue weighted by atomic mass is 15.0. The van der Waals surface area contributed by atoms with Gasteiger partial charge in [0.1, 0.15) is 0 Å². The minimum atomic E-state index is 0.622. The quantitative estimate of drug-likeness (QED) is 0.171. The van der Waals surface area contributed by atoms with Gasteiger partial charge < -0.3 is 4.57 Å². The van der Waals surface area contributed by atoms with Gasteiger partial charge in [0.05, 0.1) is 16.7 Å². The summed E-state index contributed by atoms with van der Waals surface area (Å²) in [6, 6.07) is 72.9. The largest absolute Gasteiger partial charge is 0.309 e. The fraction of sp³-hybridized carbons (Fsp3) is 0. The first kappa shape index (κ1) is 32.7. The number of aromatic nitrogens is 4. The third kappa shape index (κ3) is 5.66. The molecule has 0 atom stereocenters. The summed E-state index contributed by atoms with van der Waals surface area (Å²) in [6.45, 7) is 0. The van der Waals surface area contributed by atoms with Crippen LogP contribution in [0.25, 0.3) is 105 Å². The van der Waals surface area contributed by atoms with Gasteiger partial charge in [0, 0.05) is 32.8 Å². The molecule has 9 aromatic carbocycles. The third-order valence-corrected chi connectivity index (χ3v) is 11.0. The molecule has 2 aromatic heterocycles. The first-order valence-electron chi connectivity index (χ1n) is 19.3. The summed E-state index contributed by atoms with van der Waals surface area (Å²) >= 11 is 0. The fourth-order valence-electron chi connectivity index (χ4n) is 8.32. The van der Waals surface area contributed by atoms with Gasteiger partial charge in [-0.3, -0.25) is 0 Å². The van der Waals surface area contributed by atoms with E-state index >= 15 is 0 Å². The second kappa shape index (κ2) is 13.6. The van der Waals surface area contributed by atoms with Gasteiger partial charge in [-0.1, -0.05) is 176 Å². The lowest BCUT2D eigenvalue weighted by molar-refractivity contribution is 1.08. The van der Waals surface area contributed by atoms with E-state index in [-0.39, 0.29) is 0 Å². The minimum Gasteiger partial charge on any atom is -0.309 e. The molecule has 11 aromatic rings. The van der Waals surface area contributed by atoms with Crippen LogP contribution in [-0.4, -0.2) is 19.5 Å². The SMILES string of the molecule is c1ccc(-c2ccc3c(-n4c5ccccc5c5cc6ccccc6cc54)cc(-c4ccccc4)c(-c4nc(-c5ccccc5)nc(-c5ccccc5)n4)c3c2)cc1. The third-order valence-electron chi connectivity index (χ3n) is 11.0. The molecule has 0 aliphatic carbocycles. The molecule has 0 saturated heterocycles. The topological polar surface area (TPSA) is 43.6 Å². The zero-order chi connectivity index (χ0) is 37.7. The Hall–Kier alpha value is -7.69. The number of hydrogen-bond acceptors (Lipinski definition) is 3. The van der Waals surface area contributed by atoms with E-state index < -0.39 is 0 Å². The van der Waals surface area contributed by atoms with E-state index in [0.29, 0.717) is 17.5 Å². The molecule has 4 nitrogen and oxygen atoms in total. The highest BCUT2D eigenvalue weighted by Crippen LogP contribution is 2.45. The lowest BCUT2D eigenvalue weighted by atomic mass is 9.90. The highest BCUT2D eigenvalue weighted by molar-refractivity contribution is 6.16. The Balaban J connectivity index is 1.30. The van der Waals surface area contributed by atoms with Crippen molar-refractivity contribution < 1.29 is 0 Å². The Morgan fingerprint density at radius 2 is 0.825 bits per heavy atom. The maximum Gasteiger partial charge on any atom is 0.165 e. The summed E-state index contributed by atoms with van der Waals surface area (Å²) < 4.78 is 2.45.